The van der Waals surface area contributed by atoms with Crippen LogP contribution in [-0.4, -0.2) is 60.4 Å². The first-order chi connectivity index (χ1) is 14.3. The van der Waals surface area contributed by atoms with E-state index in [0.717, 1.165) is 51.5 Å². The van der Waals surface area contributed by atoms with E-state index in [0.29, 0.717) is 5.92 Å². The first kappa shape index (κ1) is 22.7. The predicted molar refractivity (Wildman–Crippen MR) is 117 cm³/mol. The average molecular weight is 418 g/mol. The van der Waals surface area contributed by atoms with Crippen LogP contribution in [0.5, 0.6) is 0 Å². The van der Waals surface area contributed by atoms with Gasteiger partial charge < -0.3 is 15.1 Å². The van der Waals surface area contributed by atoms with Crippen LogP contribution in [0.15, 0.2) is 24.3 Å². The maximum atomic E-state index is 14.0. The van der Waals surface area contributed by atoms with Crippen LogP contribution in [0.4, 0.5) is 4.39 Å². The standard InChI is InChI=1S/C24H36FN3O2/c1-17(2)22(26-23(29)20-8-4-5-9-21(20)25)24(30)28-12-6-7-19(16-28)15-27-13-10-18(3)11-14-27/h4-5,8-9,17-19,22H,6-7,10-16H2,1-3H3,(H,26,29). The minimum atomic E-state index is -0.647. The minimum absolute atomic E-state index is 0.0215. The summed E-state index contributed by atoms with van der Waals surface area (Å²) in [5, 5.41) is 2.79. The van der Waals surface area contributed by atoms with Gasteiger partial charge >= 0.3 is 0 Å². The first-order valence-corrected chi connectivity index (χ1v) is 11.4. The van der Waals surface area contributed by atoms with Gasteiger partial charge in [-0.25, -0.2) is 4.39 Å². The van der Waals surface area contributed by atoms with E-state index in [-0.39, 0.29) is 17.4 Å². The fraction of sp³-hybridized carbons (Fsp3) is 0.667. The Morgan fingerprint density at radius 2 is 1.83 bits per heavy atom. The zero-order valence-corrected chi connectivity index (χ0v) is 18.6. The van der Waals surface area contributed by atoms with Gasteiger partial charge in [0.2, 0.25) is 5.91 Å². The molecule has 5 nitrogen and oxygen atoms in total. The lowest BCUT2D eigenvalue weighted by atomic mass is 9.93. The summed E-state index contributed by atoms with van der Waals surface area (Å²) in [4.78, 5) is 30.3. The Hall–Kier alpha value is -1.95. The second-order valence-corrected chi connectivity index (χ2v) is 9.45. The van der Waals surface area contributed by atoms with Crippen LogP contribution in [0.25, 0.3) is 0 Å². The largest absolute Gasteiger partial charge is 0.341 e. The number of rotatable bonds is 6. The van der Waals surface area contributed by atoms with Crippen LogP contribution in [-0.2, 0) is 4.79 Å². The third-order valence-corrected chi connectivity index (χ3v) is 6.56. The summed E-state index contributed by atoms with van der Waals surface area (Å²) < 4.78 is 14.0. The van der Waals surface area contributed by atoms with Gasteiger partial charge in [-0.2, -0.15) is 0 Å². The van der Waals surface area contributed by atoms with Crippen molar-refractivity contribution in [3.63, 3.8) is 0 Å². The molecule has 2 amide bonds. The minimum Gasteiger partial charge on any atom is -0.341 e. The quantitative estimate of drug-likeness (QED) is 0.770. The molecule has 1 aromatic carbocycles. The van der Waals surface area contributed by atoms with Crippen molar-refractivity contribution in [1.82, 2.24) is 15.1 Å². The molecule has 30 heavy (non-hydrogen) atoms. The number of likely N-dealkylation sites (tertiary alicyclic amines) is 2. The molecule has 1 N–H and O–H groups in total. The second-order valence-electron chi connectivity index (χ2n) is 9.45. The Kier molecular flexibility index (Phi) is 7.87. The number of nitrogens with one attached hydrogen (secondary N) is 1. The molecular weight excluding hydrogens is 381 g/mol. The Labute approximate surface area is 180 Å². The highest BCUT2D eigenvalue weighted by molar-refractivity contribution is 5.97. The van der Waals surface area contributed by atoms with E-state index in [1.54, 1.807) is 12.1 Å². The summed E-state index contributed by atoms with van der Waals surface area (Å²) in [6, 6.07) is 5.24. The molecule has 2 aliphatic rings. The fourth-order valence-electron chi connectivity index (χ4n) is 4.60. The van der Waals surface area contributed by atoms with Crippen LogP contribution in [0, 0.1) is 23.6 Å². The van der Waals surface area contributed by atoms with E-state index in [1.807, 2.05) is 18.7 Å². The van der Waals surface area contributed by atoms with Crippen molar-refractivity contribution in [2.45, 2.75) is 52.5 Å². The molecule has 166 valence electrons. The maximum Gasteiger partial charge on any atom is 0.254 e. The lowest BCUT2D eigenvalue weighted by Crippen LogP contribution is -2.54. The van der Waals surface area contributed by atoms with Crippen molar-refractivity contribution < 1.29 is 14.0 Å². The van der Waals surface area contributed by atoms with Crippen LogP contribution >= 0.6 is 0 Å². The van der Waals surface area contributed by atoms with Gasteiger partial charge in [0.25, 0.3) is 5.91 Å². The number of piperidine rings is 2. The molecule has 0 spiro atoms. The van der Waals surface area contributed by atoms with Crippen LogP contribution in [0.3, 0.4) is 0 Å². The Morgan fingerprint density at radius 1 is 1.13 bits per heavy atom. The number of hydrogen-bond acceptors (Lipinski definition) is 3. The highest BCUT2D eigenvalue weighted by atomic mass is 19.1. The molecule has 0 bridgehead atoms. The highest BCUT2D eigenvalue weighted by Gasteiger charge is 2.33. The zero-order chi connectivity index (χ0) is 21.7. The van der Waals surface area contributed by atoms with E-state index in [9.17, 15) is 14.0 Å². The number of carbonyl (C=O) groups is 2. The van der Waals surface area contributed by atoms with Gasteiger partial charge in [0.1, 0.15) is 11.9 Å². The SMILES string of the molecule is CC1CCN(CC2CCCN(C(=O)C(NC(=O)c3ccccc3F)C(C)C)C2)CC1. The summed E-state index contributed by atoms with van der Waals surface area (Å²) >= 11 is 0. The number of nitrogens with zero attached hydrogens (tertiary/aromatic N) is 2. The van der Waals surface area contributed by atoms with Crippen molar-refractivity contribution in [3.05, 3.63) is 35.6 Å². The third kappa shape index (κ3) is 5.81. The number of carbonyl (C=O) groups excluding carboxylic acids is 2. The molecule has 2 aliphatic heterocycles. The van der Waals surface area contributed by atoms with Gasteiger partial charge in [0.05, 0.1) is 5.56 Å². The lowest BCUT2D eigenvalue weighted by molar-refractivity contribution is -0.136. The van der Waals surface area contributed by atoms with Gasteiger partial charge in [-0.1, -0.05) is 32.9 Å². The number of amides is 2. The summed E-state index contributed by atoms with van der Waals surface area (Å²) in [5.74, 6) is 0.0700. The number of halogens is 1. The summed E-state index contributed by atoms with van der Waals surface area (Å²) in [6.07, 6.45) is 4.65. The van der Waals surface area contributed by atoms with Gasteiger partial charge in [0.15, 0.2) is 0 Å². The average Bonchev–Trinajstić information content (AvgIpc) is 2.73. The van der Waals surface area contributed by atoms with Gasteiger partial charge in [-0.15, -0.1) is 0 Å². The smallest absolute Gasteiger partial charge is 0.254 e. The topological polar surface area (TPSA) is 52.6 Å². The highest BCUT2D eigenvalue weighted by Crippen LogP contribution is 2.23. The van der Waals surface area contributed by atoms with E-state index >= 15 is 0 Å². The maximum absolute atomic E-state index is 14.0. The summed E-state index contributed by atoms with van der Waals surface area (Å²) in [6.45, 7) is 11.0. The second kappa shape index (κ2) is 10.4. The van der Waals surface area contributed by atoms with E-state index in [4.69, 9.17) is 0 Å². The number of hydrogen-bond donors (Lipinski definition) is 1. The Bertz CT molecular complexity index is 731. The zero-order valence-electron chi connectivity index (χ0n) is 18.6. The molecule has 3 rings (SSSR count). The van der Waals surface area contributed by atoms with Crippen molar-refractivity contribution in [1.29, 1.82) is 0 Å². The number of benzene rings is 1. The predicted octanol–water partition coefficient (Wildman–Crippen LogP) is 3.55. The van der Waals surface area contributed by atoms with Crippen molar-refractivity contribution in [2.24, 2.45) is 17.8 Å². The molecule has 1 aromatic rings. The van der Waals surface area contributed by atoms with E-state index in [2.05, 4.69) is 17.1 Å². The normalized spacial score (nSPS) is 22.2. The van der Waals surface area contributed by atoms with Crippen LogP contribution in [0.2, 0.25) is 0 Å². The lowest BCUT2D eigenvalue weighted by Gasteiger charge is -2.39. The molecule has 2 heterocycles. The fourth-order valence-corrected chi connectivity index (χ4v) is 4.60. The Morgan fingerprint density at radius 3 is 2.50 bits per heavy atom. The molecule has 0 aromatic heterocycles. The molecular formula is C24H36FN3O2. The Balaban J connectivity index is 1.60. The summed E-state index contributed by atoms with van der Waals surface area (Å²) in [5.41, 5.74) is -0.0215. The van der Waals surface area contributed by atoms with Crippen molar-refractivity contribution in [2.75, 3.05) is 32.7 Å². The molecule has 2 atom stereocenters. The van der Waals surface area contributed by atoms with Gasteiger partial charge in [0, 0.05) is 19.6 Å². The molecule has 2 fully saturated rings. The molecule has 0 aliphatic carbocycles. The van der Waals surface area contributed by atoms with Crippen LogP contribution in [0.1, 0.15) is 56.8 Å². The van der Waals surface area contributed by atoms with Crippen molar-refractivity contribution >= 4 is 11.8 Å². The first-order valence-electron chi connectivity index (χ1n) is 11.4. The van der Waals surface area contributed by atoms with E-state index in [1.165, 1.54) is 25.0 Å². The van der Waals surface area contributed by atoms with Crippen molar-refractivity contribution in [3.8, 4) is 0 Å². The van der Waals surface area contributed by atoms with Gasteiger partial charge in [-0.05, 0) is 68.7 Å². The molecule has 2 unspecified atom stereocenters. The third-order valence-electron chi connectivity index (χ3n) is 6.56. The molecule has 0 radical (unpaired) electrons. The van der Waals surface area contributed by atoms with Crippen LogP contribution < -0.4 is 5.32 Å². The molecule has 2 saturated heterocycles. The molecule has 6 heteroatoms. The molecule has 0 saturated carbocycles. The summed E-state index contributed by atoms with van der Waals surface area (Å²) in [7, 11) is 0. The van der Waals surface area contributed by atoms with E-state index < -0.39 is 17.8 Å². The van der Waals surface area contributed by atoms with Gasteiger partial charge in [-0.3, -0.25) is 9.59 Å². The monoisotopic (exact) mass is 417 g/mol.